The van der Waals surface area contributed by atoms with E-state index in [9.17, 15) is 18.5 Å². The number of urea groups is 1. The predicted octanol–water partition coefficient (Wildman–Crippen LogP) is 7.33. The minimum absolute atomic E-state index is 0.215. The molecule has 0 radical (unpaired) electrons. The summed E-state index contributed by atoms with van der Waals surface area (Å²) in [7, 11) is -4.26. The van der Waals surface area contributed by atoms with E-state index in [0.29, 0.717) is 5.56 Å². The Labute approximate surface area is 238 Å². The summed E-state index contributed by atoms with van der Waals surface area (Å²) in [5, 5.41) is 3.70. The molecule has 1 atom stereocenters. The van der Waals surface area contributed by atoms with E-state index >= 15 is 0 Å². The summed E-state index contributed by atoms with van der Waals surface area (Å²) in [5.41, 5.74) is 1.78. The third kappa shape index (κ3) is 7.52. The molecule has 0 heterocycles. The van der Waals surface area contributed by atoms with Gasteiger partial charge in [-0.2, -0.15) is 0 Å². The van der Waals surface area contributed by atoms with Crippen LogP contribution in [0.15, 0.2) is 115 Å². The van der Waals surface area contributed by atoms with Crippen LogP contribution in [0.5, 0.6) is 11.5 Å². The fourth-order valence-corrected chi connectivity index (χ4v) is 5.79. The molecule has 2 N–H and O–H groups in total. The van der Waals surface area contributed by atoms with E-state index in [0.717, 1.165) is 11.1 Å². The van der Waals surface area contributed by atoms with E-state index in [1.807, 2.05) is 0 Å². The van der Waals surface area contributed by atoms with Crippen LogP contribution in [0.3, 0.4) is 0 Å². The topological polar surface area (TPSA) is 97.0 Å². The second-order valence-electron chi connectivity index (χ2n) is 10.0. The number of halogens is 1. The number of amides is 3. The van der Waals surface area contributed by atoms with Gasteiger partial charge in [0.1, 0.15) is 17.3 Å². The summed E-state index contributed by atoms with van der Waals surface area (Å²) in [4.78, 5) is 26.8. The molecule has 0 saturated carbocycles. The van der Waals surface area contributed by atoms with Gasteiger partial charge in [-0.05, 0) is 62.7 Å². The fourth-order valence-electron chi connectivity index (χ4n) is 3.90. The van der Waals surface area contributed by atoms with Crippen LogP contribution in [0.2, 0.25) is 0 Å². The minimum Gasteiger partial charge on any atom is -0.414 e. The van der Waals surface area contributed by atoms with Gasteiger partial charge in [-0.1, -0.05) is 78.9 Å². The quantitative estimate of drug-likeness (QED) is 0.169. The van der Waals surface area contributed by atoms with E-state index in [-0.39, 0.29) is 17.1 Å². The molecular weight excluding hydrogens is 544 g/mol. The van der Waals surface area contributed by atoms with Gasteiger partial charge in [0.25, 0.3) is 5.91 Å². The first-order chi connectivity index (χ1) is 19.6. The average molecular weight is 576 g/mol. The van der Waals surface area contributed by atoms with Gasteiger partial charge in [0.15, 0.2) is 5.78 Å². The highest BCUT2D eigenvalue weighted by molar-refractivity contribution is 7.55. The van der Waals surface area contributed by atoms with Gasteiger partial charge in [0.2, 0.25) is 0 Å². The molecule has 8 nitrogen and oxygen atoms in total. The van der Waals surface area contributed by atoms with Crippen LogP contribution in [-0.2, 0) is 4.57 Å². The van der Waals surface area contributed by atoms with Crippen molar-refractivity contribution in [1.29, 1.82) is 0 Å². The molecule has 0 bridgehead atoms. The maximum atomic E-state index is 14.7. The standard InChI is InChI=1S/C31H31FN3O5P/c1-31(2,3)35(29(36)26-21-13-14-22-27(26)32)34-30(37)33-28(23-15-7-4-8-16-23)41(38,39-24-17-9-5-10-18-24)40-25-19-11-6-12-20-25/h4-22,28H,1-3H3,(H2,33,34,37)/t28-/m1/s1. The molecule has 4 aromatic carbocycles. The highest BCUT2D eigenvalue weighted by Crippen LogP contribution is 2.58. The maximum Gasteiger partial charge on any atom is 0.457 e. The number of hydrazine groups is 1. The first-order valence-corrected chi connectivity index (χ1v) is 14.5. The molecule has 0 unspecified atom stereocenters. The molecule has 212 valence electrons. The van der Waals surface area contributed by atoms with E-state index in [1.165, 1.54) is 18.2 Å². The Kier molecular flexibility index (Phi) is 9.10. The van der Waals surface area contributed by atoms with Gasteiger partial charge in [-0.3, -0.25) is 4.79 Å². The molecule has 0 aromatic heterocycles. The maximum absolute atomic E-state index is 14.7. The van der Waals surface area contributed by atoms with Gasteiger partial charge in [-0.15, -0.1) is 0 Å². The molecule has 41 heavy (non-hydrogen) atoms. The van der Waals surface area contributed by atoms with E-state index in [1.54, 1.807) is 112 Å². The fraction of sp³-hybridized carbons (Fsp3) is 0.161. The monoisotopic (exact) mass is 575 g/mol. The SMILES string of the molecule is CC(C)(C)N(NC(=O)N[C@@H](c1ccccc1)P(=O)(Oc1ccccc1)Oc1ccccc1)C(=O)c1ccccc1F. The number of para-hydroxylation sites is 2. The van der Waals surface area contributed by atoms with Crippen molar-refractivity contribution in [2.45, 2.75) is 32.1 Å². The Morgan fingerprint density at radius 1 is 0.756 bits per heavy atom. The number of hydrogen-bond donors (Lipinski definition) is 2. The molecule has 3 amide bonds. The molecule has 0 saturated heterocycles. The van der Waals surface area contributed by atoms with Crippen molar-refractivity contribution in [2.24, 2.45) is 0 Å². The summed E-state index contributed by atoms with van der Waals surface area (Å²) in [5.74, 6) is -2.27. The number of carbonyl (C=O) groups excluding carboxylic acids is 2. The number of rotatable bonds is 8. The van der Waals surface area contributed by atoms with Crippen LogP contribution in [0.25, 0.3) is 0 Å². The summed E-state index contributed by atoms with van der Waals surface area (Å²) in [6.45, 7) is 5.05. The molecule has 4 aromatic rings. The summed E-state index contributed by atoms with van der Waals surface area (Å²) in [6, 6.07) is 30.1. The van der Waals surface area contributed by atoms with Crippen molar-refractivity contribution in [3.8, 4) is 11.5 Å². The second kappa shape index (κ2) is 12.7. The highest BCUT2D eigenvalue weighted by Gasteiger charge is 2.43. The normalized spacial score (nSPS) is 12.1. The number of benzene rings is 4. The summed E-state index contributed by atoms with van der Waals surface area (Å²) < 4.78 is 41.1. The zero-order valence-corrected chi connectivity index (χ0v) is 23.8. The average Bonchev–Trinajstić information content (AvgIpc) is 2.95. The summed E-state index contributed by atoms with van der Waals surface area (Å²) in [6.07, 6.45) is 0. The lowest BCUT2D eigenvalue weighted by atomic mass is 10.1. The van der Waals surface area contributed by atoms with Crippen LogP contribution in [0.1, 0.15) is 42.5 Å². The Morgan fingerprint density at radius 3 is 1.71 bits per heavy atom. The molecule has 10 heteroatoms. The first kappa shape index (κ1) is 29.4. The van der Waals surface area contributed by atoms with Gasteiger partial charge in [0, 0.05) is 0 Å². The Hall–Kier alpha value is -4.62. The van der Waals surface area contributed by atoms with Crippen molar-refractivity contribution < 1.29 is 27.6 Å². The highest BCUT2D eigenvalue weighted by atomic mass is 31.2. The Morgan fingerprint density at radius 2 is 1.22 bits per heavy atom. The Bertz CT molecular complexity index is 1470. The Balaban J connectivity index is 1.70. The zero-order chi connectivity index (χ0) is 29.5. The number of carbonyl (C=O) groups is 2. The van der Waals surface area contributed by atoms with Crippen molar-refractivity contribution in [3.63, 3.8) is 0 Å². The van der Waals surface area contributed by atoms with Gasteiger partial charge < -0.3 is 14.4 Å². The molecule has 0 aliphatic heterocycles. The van der Waals surface area contributed by atoms with Crippen molar-refractivity contribution in [2.75, 3.05) is 0 Å². The number of hydrogen-bond acceptors (Lipinski definition) is 5. The van der Waals surface area contributed by atoms with E-state index < -0.39 is 36.7 Å². The van der Waals surface area contributed by atoms with Gasteiger partial charge in [-0.25, -0.2) is 24.2 Å². The van der Waals surface area contributed by atoms with Crippen molar-refractivity contribution in [3.05, 3.63) is 132 Å². The van der Waals surface area contributed by atoms with E-state index in [2.05, 4.69) is 10.7 Å². The zero-order valence-electron chi connectivity index (χ0n) is 22.9. The van der Waals surface area contributed by atoms with Crippen LogP contribution in [0, 0.1) is 5.82 Å². The molecular formula is C31H31FN3O5P. The third-order valence-electron chi connectivity index (χ3n) is 5.84. The van der Waals surface area contributed by atoms with Crippen LogP contribution in [0.4, 0.5) is 9.18 Å². The lowest BCUT2D eigenvalue weighted by Crippen LogP contribution is -2.58. The second-order valence-corrected chi connectivity index (χ2v) is 12.0. The first-order valence-electron chi connectivity index (χ1n) is 12.9. The third-order valence-corrected chi connectivity index (χ3v) is 7.83. The number of nitrogens with one attached hydrogen (secondary N) is 2. The van der Waals surface area contributed by atoms with Crippen LogP contribution >= 0.6 is 7.60 Å². The molecule has 0 aliphatic rings. The van der Waals surface area contributed by atoms with Crippen LogP contribution < -0.4 is 19.8 Å². The minimum atomic E-state index is -4.26. The number of nitrogens with zero attached hydrogens (tertiary/aromatic N) is 1. The predicted molar refractivity (Wildman–Crippen MR) is 155 cm³/mol. The smallest absolute Gasteiger partial charge is 0.414 e. The van der Waals surface area contributed by atoms with E-state index in [4.69, 9.17) is 9.05 Å². The van der Waals surface area contributed by atoms with Gasteiger partial charge in [0.05, 0.1) is 11.1 Å². The van der Waals surface area contributed by atoms with Gasteiger partial charge >= 0.3 is 13.6 Å². The summed E-state index contributed by atoms with van der Waals surface area (Å²) >= 11 is 0. The van der Waals surface area contributed by atoms with Crippen molar-refractivity contribution in [1.82, 2.24) is 15.8 Å². The largest absolute Gasteiger partial charge is 0.457 e. The molecule has 0 spiro atoms. The molecule has 0 aliphatic carbocycles. The lowest BCUT2D eigenvalue weighted by molar-refractivity contribution is 0.0444. The van der Waals surface area contributed by atoms with Crippen LogP contribution in [-0.4, -0.2) is 22.5 Å². The lowest BCUT2D eigenvalue weighted by Gasteiger charge is -2.36. The molecule has 0 fully saturated rings. The van der Waals surface area contributed by atoms with Crippen molar-refractivity contribution >= 4 is 19.5 Å². The molecule has 4 rings (SSSR count).